The zero-order valence-corrected chi connectivity index (χ0v) is 9.68. The summed E-state index contributed by atoms with van der Waals surface area (Å²) in [5.74, 6) is 0. The molecule has 0 aliphatic carbocycles. The summed E-state index contributed by atoms with van der Waals surface area (Å²) in [4.78, 5) is 8.35. The Bertz CT molecular complexity index is 36.7. The van der Waals surface area contributed by atoms with Crippen LogP contribution in [-0.4, -0.2) is 6.08 Å². The Morgan fingerprint density at radius 3 is 1.14 bits per heavy atom. The molecule has 0 unspecified atom stereocenters. The maximum Gasteiger partial charge on any atom is 1.00 e. The summed E-state index contributed by atoms with van der Waals surface area (Å²) in [7, 11) is 0. The van der Waals surface area contributed by atoms with Crippen molar-refractivity contribution in [2.24, 2.45) is 0 Å². The molecule has 0 atom stereocenters. The van der Waals surface area contributed by atoms with Gasteiger partial charge in [-0.15, -0.1) is 0 Å². The van der Waals surface area contributed by atoms with Crippen molar-refractivity contribution >= 4 is 6.08 Å². The Morgan fingerprint density at radius 1 is 1.14 bits per heavy atom. The van der Waals surface area contributed by atoms with Crippen molar-refractivity contribution in [3.8, 4) is 0 Å². The number of rotatable bonds is 0. The molecule has 0 fully saturated rings. The molecule has 0 saturated heterocycles. The van der Waals surface area contributed by atoms with Gasteiger partial charge < -0.3 is 24.8 Å². The van der Waals surface area contributed by atoms with Gasteiger partial charge in [0.2, 0.25) is 6.08 Å². The number of hydrogen-bond acceptors (Lipinski definition) is 2. The van der Waals surface area contributed by atoms with Gasteiger partial charge in [0, 0.05) is 0 Å². The molecule has 7 heavy (non-hydrogen) atoms. The summed E-state index contributed by atoms with van der Waals surface area (Å²) < 4.78 is 0. The van der Waals surface area contributed by atoms with Crippen LogP contribution in [0.25, 0.3) is 0 Å². The van der Waals surface area contributed by atoms with E-state index in [1.807, 2.05) is 0 Å². The molecule has 0 saturated carbocycles. The second-order valence-electron chi connectivity index (χ2n) is 0.102. The fourth-order valence-electron chi connectivity index (χ4n) is 0. The van der Waals surface area contributed by atoms with Crippen LogP contribution in [0.4, 0.5) is 0 Å². The van der Waals surface area contributed by atoms with Gasteiger partial charge in [-0.1, -0.05) is 0 Å². The molecule has 0 aliphatic rings. The first kappa shape index (κ1) is 36.2. The first-order valence-corrected chi connectivity index (χ1v) is 0.454. The molecule has 0 heterocycles. The molecule has 2 nitrogen and oxygen atoms in total. The number of hydrogen-bond donors (Lipinski definition) is 1. The summed E-state index contributed by atoms with van der Waals surface area (Å²) in [6.07, 6.45) is 0.750. The number of nitrogens with one attached hydrogen (secondary N) is 1. The maximum atomic E-state index is 8.35. The summed E-state index contributed by atoms with van der Waals surface area (Å²) >= 11 is 0. The van der Waals surface area contributed by atoms with Crippen molar-refractivity contribution in [2.45, 2.75) is 0 Å². The molecular formula is CHCl2NNa2O. The van der Waals surface area contributed by atoms with Crippen LogP contribution in [0, 0.1) is 5.41 Å². The predicted molar refractivity (Wildman–Crippen MR) is 8.41 cm³/mol. The molecule has 0 aliphatic heterocycles. The van der Waals surface area contributed by atoms with Crippen LogP contribution in [0.15, 0.2) is 0 Å². The number of isocyanates is 1. The van der Waals surface area contributed by atoms with Gasteiger partial charge in [0.25, 0.3) is 0 Å². The average Bonchev–Trinajstić information content (AvgIpc) is 0.918. The molecule has 0 aromatic heterocycles. The van der Waals surface area contributed by atoms with Crippen molar-refractivity contribution in [1.29, 1.82) is 5.41 Å². The average molecular weight is 160 g/mol. The third-order valence-electron chi connectivity index (χ3n) is 0. The first-order valence-electron chi connectivity index (χ1n) is 0.454. The molecule has 0 bridgehead atoms. The molecule has 0 spiro atoms. The molecule has 0 amide bonds. The van der Waals surface area contributed by atoms with Crippen LogP contribution >= 0.6 is 0 Å². The van der Waals surface area contributed by atoms with Crippen molar-refractivity contribution in [3.63, 3.8) is 0 Å². The van der Waals surface area contributed by atoms with Gasteiger partial charge in [-0.3, -0.25) is 0 Å². The van der Waals surface area contributed by atoms with Gasteiger partial charge in [0.15, 0.2) is 0 Å². The minimum atomic E-state index is 0. The van der Waals surface area contributed by atoms with Crippen LogP contribution < -0.4 is 83.9 Å². The third-order valence-corrected chi connectivity index (χ3v) is 0. The van der Waals surface area contributed by atoms with E-state index in [-0.39, 0.29) is 83.9 Å². The quantitative estimate of drug-likeness (QED) is 0.213. The SMILES string of the molecule is N=C=O.[Cl-].[Cl-].[Na+].[Na+]. The third kappa shape index (κ3) is 73.6. The Kier molecular flexibility index (Phi) is 228. The van der Waals surface area contributed by atoms with Crippen LogP contribution in [0.1, 0.15) is 0 Å². The topological polar surface area (TPSA) is 40.9 Å². The van der Waals surface area contributed by atoms with Gasteiger partial charge in [-0.2, -0.15) is 0 Å². The molecular weight excluding hydrogens is 159 g/mol. The Morgan fingerprint density at radius 2 is 1.14 bits per heavy atom. The normalized spacial score (nSPS) is 1.14. The van der Waals surface area contributed by atoms with E-state index >= 15 is 0 Å². The van der Waals surface area contributed by atoms with E-state index in [9.17, 15) is 0 Å². The fourth-order valence-corrected chi connectivity index (χ4v) is 0. The maximum absolute atomic E-state index is 8.35. The summed E-state index contributed by atoms with van der Waals surface area (Å²) in [5.41, 5.74) is 0. The molecule has 0 radical (unpaired) electrons. The van der Waals surface area contributed by atoms with E-state index in [1.54, 1.807) is 0 Å². The summed E-state index contributed by atoms with van der Waals surface area (Å²) in [6, 6.07) is 0. The van der Waals surface area contributed by atoms with Crippen molar-refractivity contribution in [2.75, 3.05) is 0 Å². The Balaban J connectivity index is -0.00000000333. The molecule has 32 valence electrons. The molecule has 0 aromatic carbocycles. The predicted octanol–water partition coefficient (Wildman–Crippen LogP) is -12.1. The van der Waals surface area contributed by atoms with Crippen LogP contribution in [-0.2, 0) is 4.79 Å². The van der Waals surface area contributed by atoms with E-state index in [0.29, 0.717) is 0 Å². The fraction of sp³-hybridized carbons (Fsp3) is 0. The van der Waals surface area contributed by atoms with E-state index in [2.05, 4.69) is 0 Å². The Labute approximate surface area is 98.7 Å². The molecule has 6 heteroatoms. The zero-order valence-electron chi connectivity index (χ0n) is 4.16. The Hall–Kier alpha value is 1.96. The standard InChI is InChI=1S/CHNO.2ClH.2Na/c2-1-3;;;;/h2H;2*1H;;/q;;;2*+1/p-2. The smallest absolute Gasteiger partial charge is 1.00 e. The van der Waals surface area contributed by atoms with E-state index in [0.717, 1.165) is 6.08 Å². The van der Waals surface area contributed by atoms with E-state index in [4.69, 9.17) is 10.2 Å². The van der Waals surface area contributed by atoms with Gasteiger partial charge in [0.1, 0.15) is 0 Å². The number of carbonyl (C=O) groups excluding carboxylic acids is 1. The minimum Gasteiger partial charge on any atom is -1.00 e. The van der Waals surface area contributed by atoms with Crippen LogP contribution in [0.3, 0.4) is 0 Å². The van der Waals surface area contributed by atoms with Crippen molar-refractivity contribution in [3.05, 3.63) is 0 Å². The second-order valence-corrected chi connectivity index (χ2v) is 0.102. The number of halogens is 2. The zero-order chi connectivity index (χ0) is 2.71. The summed E-state index contributed by atoms with van der Waals surface area (Å²) in [6.45, 7) is 0. The molecule has 0 rings (SSSR count). The monoisotopic (exact) mass is 159 g/mol. The van der Waals surface area contributed by atoms with Crippen molar-refractivity contribution in [1.82, 2.24) is 0 Å². The van der Waals surface area contributed by atoms with E-state index < -0.39 is 0 Å². The van der Waals surface area contributed by atoms with Crippen LogP contribution in [0.5, 0.6) is 0 Å². The molecule has 1 N–H and O–H groups in total. The second kappa shape index (κ2) is 44.0. The summed E-state index contributed by atoms with van der Waals surface area (Å²) in [5, 5.41) is 5.40. The van der Waals surface area contributed by atoms with Crippen molar-refractivity contribution < 1.29 is 88.7 Å². The van der Waals surface area contributed by atoms with E-state index in [1.165, 1.54) is 0 Å². The largest absolute Gasteiger partial charge is 1.00 e. The minimum absolute atomic E-state index is 0. The first-order chi connectivity index (χ1) is 1.41. The van der Waals surface area contributed by atoms with Crippen LogP contribution in [0.2, 0.25) is 0 Å². The van der Waals surface area contributed by atoms with Gasteiger partial charge in [-0.05, 0) is 0 Å². The van der Waals surface area contributed by atoms with Gasteiger partial charge in [-0.25, -0.2) is 10.2 Å². The van der Waals surface area contributed by atoms with Gasteiger partial charge >= 0.3 is 59.1 Å². The molecule has 0 aromatic rings. The van der Waals surface area contributed by atoms with Gasteiger partial charge in [0.05, 0.1) is 0 Å².